The first-order valence-electron chi connectivity index (χ1n) is 15.8. The first kappa shape index (κ1) is 32.2. The third kappa shape index (κ3) is 6.56. The van der Waals surface area contributed by atoms with Crippen LogP contribution in [0.2, 0.25) is 0 Å². The third-order valence-electron chi connectivity index (χ3n) is 8.90. The number of aromatic nitrogens is 1. The van der Waals surface area contributed by atoms with Gasteiger partial charge >= 0.3 is 6.18 Å². The number of hydrogen-bond acceptors (Lipinski definition) is 6. The second-order valence-corrected chi connectivity index (χ2v) is 12.8. The number of alkyl halides is 3. The van der Waals surface area contributed by atoms with Gasteiger partial charge in [-0.2, -0.15) is 13.2 Å². The first-order valence-corrected chi connectivity index (χ1v) is 16.7. The predicted molar refractivity (Wildman–Crippen MR) is 181 cm³/mol. The summed E-state index contributed by atoms with van der Waals surface area (Å²) in [6.45, 7) is 0.944. The van der Waals surface area contributed by atoms with E-state index in [0.717, 1.165) is 17.1 Å². The number of halogens is 3. The fraction of sp³-hybridized carbons (Fsp3) is 0.179. The minimum atomic E-state index is -4.44. The van der Waals surface area contributed by atoms with Gasteiger partial charge in [-0.05, 0) is 48.2 Å². The molecule has 246 valence electrons. The van der Waals surface area contributed by atoms with Gasteiger partial charge < -0.3 is 9.32 Å². The number of para-hydroxylation sites is 1. The summed E-state index contributed by atoms with van der Waals surface area (Å²) in [4.78, 5) is 47.0. The van der Waals surface area contributed by atoms with Crippen molar-refractivity contribution in [3.8, 4) is 11.1 Å². The Morgan fingerprint density at radius 3 is 2.24 bits per heavy atom. The van der Waals surface area contributed by atoms with Crippen molar-refractivity contribution >= 4 is 39.8 Å². The first-order chi connectivity index (χ1) is 23.7. The topological polar surface area (TPSA) is 80.5 Å². The van der Waals surface area contributed by atoms with Crippen molar-refractivity contribution in [3.05, 3.63) is 147 Å². The van der Waals surface area contributed by atoms with Crippen LogP contribution >= 0.6 is 11.3 Å². The highest BCUT2D eigenvalue weighted by Crippen LogP contribution is 2.35. The highest BCUT2D eigenvalue weighted by Gasteiger charge is 2.31. The number of Topliss-reactive ketones (excluding diaryl/α,β-unsaturated/α-hetero) is 1. The molecule has 1 aliphatic rings. The molecule has 49 heavy (non-hydrogen) atoms. The number of furan rings is 1. The number of nitrogens with zero attached hydrogens (tertiary/aromatic N) is 2. The average molecular weight is 679 g/mol. The number of carbonyl (C=O) groups excluding carboxylic acids is 3. The lowest BCUT2D eigenvalue weighted by molar-refractivity contribution is -0.137. The lowest BCUT2D eigenvalue weighted by Crippen LogP contribution is -2.38. The van der Waals surface area contributed by atoms with Crippen molar-refractivity contribution in [3.63, 3.8) is 0 Å². The van der Waals surface area contributed by atoms with Crippen molar-refractivity contribution in [2.24, 2.45) is 0 Å². The lowest BCUT2D eigenvalue weighted by Gasteiger charge is -2.31. The summed E-state index contributed by atoms with van der Waals surface area (Å²) in [5.74, 6) is -0.485. The Balaban J connectivity index is 1.03. The van der Waals surface area contributed by atoms with E-state index in [9.17, 15) is 27.6 Å². The summed E-state index contributed by atoms with van der Waals surface area (Å²) in [5, 5.41) is 3.27. The van der Waals surface area contributed by atoms with E-state index in [1.165, 1.54) is 23.5 Å². The molecular formula is C39H29F3N2O4S. The monoisotopic (exact) mass is 678 g/mol. The molecule has 0 N–H and O–H groups in total. The van der Waals surface area contributed by atoms with Crippen LogP contribution < -0.4 is 0 Å². The second-order valence-electron chi connectivity index (χ2n) is 12.0. The Hall–Kier alpha value is -5.35. The summed E-state index contributed by atoms with van der Waals surface area (Å²) in [5.41, 5.74) is 2.66. The Labute approximate surface area is 283 Å². The number of benzene rings is 4. The zero-order valence-corrected chi connectivity index (χ0v) is 26.9. The molecule has 6 nitrogen and oxygen atoms in total. The van der Waals surface area contributed by atoms with Crippen LogP contribution in [0.15, 0.2) is 113 Å². The van der Waals surface area contributed by atoms with Crippen LogP contribution in [0.3, 0.4) is 0 Å². The van der Waals surface area contributed by atoms with Gasteiger partial charge in [-0.25, -0.2) is 4.98 Å². The van der Waals surface area contributed by atoms with Crippen molar-refractivity contribution < 1.29 is 32.0 Å². The molecule has 4 aromatic carbocycles. The highest BCUT2D eigenvalue weighted by molar-refractivity contribution is 7.09. The molecule has 0 radical (unpaired) electrons. The van der Waals surface area contributed by atoms with Gasteiger partial charge in [0.05, 0.1) is 10.6 Å². The normalized spacial score (nSPS) is 13.9. The van der Waals surface area contributed by atoms with Gasteiger partial charge in [0.1, 0.15) is 11.3 Å². The molecule has 1 fully saturated rings. The maximum absolute atomic E-state index is 13.6. The minimum Gasteiger partial charge on any atom is -0.452 e. The summed E-state index contributed by atoms with van der Waals surface area (Å²) in [6, 6.07) is 27.8. The van der Waals surface area contributed by atoms with Crippen molar-refractivity contribution in [1.29, 1.82) is 0 Å². The smallest absolute Gasteiger partial charge is 0.416 e. The molecule has 2 aromatic heterocycles. The fourth-order valence-corrected chi connectivity index (χ4v) is 7.29. The van der Waals surface area contributed by atoms with E-state index in [1.54, 1.807) is 64.9 Å². The van der Waals surface area contributed by atoms with E-state index in [1.807, 2.05) is 24.3 Å². The number of thiazole rings is 1. The van der Waals surface area contributed by atoms with Gasteiger partial charge in [0.25, 0.3) is 5.91 Å². The third-order valence-corrected chi connectivity index (χ3v) is 9.90. The molecule has 3 heterocycles. The Morgan fingerprint density at radius 2 is 1.51 bits per heavy atom. The second kappa shape index (κ2) is 13.3. The van der Waals surface area contributed by atoms with E-state index in [4.69, 9.17) is 9.40 Å². The fourth-order valence-electron chi connectivity index (χ4n) is 6.29. The van der Waals surface area contributed by atoms with E-state index >= 15 is 0 Å². The maximum atomic E-state index is 13.6. The molecule has 0 saturated carbocycles. The molecule has 7 rings (SSSR count). The van der Waals surface area contributed by atoms with Crippen LogP contribution in [0.1, 0.15) is 71.9 Å². The Kier molecular flexibility index (Phi) is 8.73. The zero-order chi connectivity index (χ0) is 34.1. The van der Waals surface area contributed by atoms with Crippen LogP contribution in [-0.4, -0.2) is 40.4 Å². The Bertz CT molecular complexity index is 2160. The largest absolute Gasteiger partial charge is 0.452 e. The number of piperidine rings is 1. The van der Waals surface area contributed by atoms with Gasteiger partial charge in [0.15, 0.2) is 11.5 Å². The quantitative estimate of drug-likeness (QED) is 0.150. The molecule has 0 bridgehead atoms. The van der Waals surface area contributed by atoms with Crippen LogP contribution in [-0.2, 0) is 12.6 Å². The van der Waals surface area contributed by atoms with Crippen molar-refractivity contribution in [2.75, 3.05) is 13.1 Å². The van der Waals surface area contributed by atoms with Crippen LogP contribution in [0, 0.1) is 0 Å². The van der Waals surface area contributed by atoms with Crippen molar-refractivity contribution in [1.82, 2.24) is 9.88 Å². The highest BCUT2D eigenvalue weighted by atomic mass is 32.1. The number of hydrogen-bond donors (Lipinski definition) is 0. The molecule has 0 unspecified atom stereocenters. The number of rotatable bonds is 8. The van der Waals surface area contributed by atoms with Gasteiger partial charge in [-0.15, -0.1) is 11.3 Å². The van der Waals surface area contributed by atoms with Crippen LogP contribution in [0.5, 0.6) is 0 Å². The molecular weight excluding hydrogens is 650 g/mol. The summed E-state index contributed by atoms with van der Waals surface area (Å²) < 4.78 is 45.3. The molecule has 10 heteroatoms. The van der Waals surface area contributed by atoms with Gasteiger partial charge in [-0.3, -0.25) is 14.4 Å². The Morgan fingerprint density at radius 1 is 0.837 bits per heavy atom. The molecule has 0 spiro atoms. The molecule has 0 aliphatic carbocycles. The van der Waals surface area contributed by atoms with Crippen molar-refractivity contribution in [2.45, 2.75) is 31.4 Å². The van der Waals surface area contributed by atoms with Crippen LogP contribution in [0.25, 0.3) is 22.1 Å². The predicted octanol–water partition coefficient (Wildman–Crippen LogP) is 9.25. The van der Waals surface area contributed by atoms with Crippen LogP contribution in [0.4, 0.5) is 13.2 Å². The van der Waals surface area contributed by atoms with Gasteiger partial charge in [-0.1, -0.05) is 78.9 Å². The zero-order valence-electron chi connectivity index (χ0n) is 26.1. The maximum Gasteiger partial charge on any atom is 0.416 e. The van der Waals surface area contributed by atoms with Gasteiger partial charge in [0.2, 0.25) is 5.78 Å². The average Bonchev–Trinajstić information content (AvgIpc) is 3.77. The molecule has 1 amide bonds. The molecule has 0 atom stereocenters. The van der Waals surface area contributed by atoms with E-state index in [-0.39, 0.29) is 35.6 Å². The standard InChI is InChI=1S/C39H29F3N2O4S/c40-39(41,42)27-16-14-24(15-17-27)28-10-4-5-12-30(28)38(47)44-20-18-26(19-21-44)37-43-32(23-49-37)33(45)22-31-29-11-6-7-13-34(29)48-36(31)35(46)25-8-2-1-3-9-25/h1-17,23,26H,18-22H2. The molecule has 1 saturated heterocycles. The van der Waals surface area contributed by atoms with Gasteiger partial charge in [0, 0.05) is 52.9 Å². The van der Waals surface area contributed by atoms with E-state index < -0.39 is 11.7 Å². The number of fused-ring (bicyclic) bond motifs is 1. The SMILES string of the molecule is O=C(Cc1c(C(=O)c2ccccc2)oc2ccccc12)c1csc(C2CCN(C(=O)c3ccccc3-c3ccc(C(F)(F)F)cc3)CC2)n1. The number of amides is 1. The molecule has 6 aromatic rings. The van der Waals surface area contributed by atoms with E-state index in [2.05, 4.69) is 0 Å². The number of ketones is 2. The summed E-state index contributed by atoms with van der Waals surface area (Å²) >= 11 is 1.41. The number of likely N-dealkylation sites (tertiary alicyclic amines) is 1. The molecule has 1 aliphatic heterocycles. The summed E-state index contributed by atoms with van der Waals surface area (Å²) in [7, 11) is 0. The lowest BCUT2D eigenvalue weighted by atomic mass is 9.94. The number of carbonyl (C=O) groups is 3. The summed E-state index contributed by atoms with van der Waals surface area (Å²) in [6.07, 6.45) is -3.18. The minimum absolute atomic E-state index is 0.0423. The van der Waals surface area contributed by atoms with E-state index in [0.29, 0.717) is 70.4 Å².